The molecule has 0 saturated heterocycles. The molecule has 0 unspecified atom stereocenters. The zero-order chi connectivity index (χ0) is 14.0. The van der Waals surface area contributed by atoms with E-state index in [9.17, 15) is 9.59 Å². The first-order valence-corrected chi connectivity index (χ1v) is 6.35. The molecule has 0 bridgehead atoms. The van der Waals surface area contributed by atoms with Crippen molar-refractivity contribution < 1.29 is 19.4 Å². The molecule has 0 aromatic rings. The molecule has 1 N–H and O–H groups in total. The van der Waals surface area contributed by atoms with Gasteiger partial charge in [0.1, 0.15) is 5.60 Å². The van der Waals surface area contributed by atoms with Crippen molar-refractivity contribution in [3.63, 3.8) is 0 Å². The molecule has 1 aliphatic carbocycles. The second-order valence-electron chi connectivity index (χ2n) is 5.65. The van der Waals surface area contributed by atoms with Crippen LogP contribution in [0.4, 0.5) is 0 Å². The maximum atomic E-state index is 12.0. The van der Waals surface area contributed by atoms with Gasteiger partial charge >= 0.3 is 11.9 Å². The molecule has 102 valence electrons. The minimum absolute atomic E-state index is 0.665. The first kappa shape index (κ1) is 14.7. The number of aliphatic carboxylic acids is 1. The van der Waals surface area contributed by atoms with Crippen molar-refractivity contribution in [2.45, 2.75) is 58.5 Å². The number of hydrogen-bond acceptors (Lipinski definition) is 3. The number of carboxylic acid groups (broad SMARTS) is 1. The van der Waals surface area contributed by atoms with Gasteiger partial charge in [0.2, 0.25) is 0 Å². The topological polar surface area (TPSA) is 63.6 Å². The number of ether oxygens (including phenoxy) is 1. The Hall–Kier alpha value is -1.32. The molecule has 0 radical (unpaired) electrons. The van der Waals surface area contributed by atoms with Crippen LogP contribution in [0.1, 0.15) is 52.9 Å². The summed E-state index contributed by atoms with van der Waals surface area (Å²) in [4.78, 5) is 23.1. The lowest BCUT2D eigenvalue weighted by Crippen LogP contribution is -2.44. The minimum atomic E-state index is -1.51. The highest BCUT2D eigenvalue weighted by molar-refractivity contribution is 5.98. The maximum absolute atomic E-state index is 12.0. The lowest BCUT2D eigenvalue weighted by molar-refractivity contribution is -0.177. The number of hydrogen-bond donors (Lipinski definition) is 1. The van der Waals surface area contributed by atoms with Gasteiger partial charge in [0.05, 0.1) is 0 Å². The summed E-state index contributed by atoms with van der Waals surface area (Å²) in [7, 11) is 0. The van der Waals surface area contributed by atoms with Crippen LogP contribution in [0.5, 0.6) is 0 Å². The zero-order valence-electron chi connectivity index (χ0n) is 11.4. The first-order chi connectivity index (χ1) is 8.22. The van der Waals surface area contributed by atoms with Gasteiger partial charge in [-0.15, -0.1) is 0 Å². The van der Waals surface area contributed by atoms with Gasteiger partial charge in [-0.2, -0.15) is 0 Å². The molecular weight excluding hydrogens is 232 g/mol. The Labute approximate surface area is 108 Å². The van der Waals surface area contributed by atoms with Crippen LogP contribution in [-0.2, 0) is 14.3 Å². The molecule has 0 spiro atoms. The number of rotatable bonds is 4. The Balaban J connectivity index is 2.88. The second-order valence-corrected chi connectivity index (χ2v) is 5.65. The summed E-state index contributed by atoms with van der Waals surface area (Å²) in [5.74, 6) is -1.85. The largest absolute Gasteiger partial charge is 0.480 e. The van der Waals surface area contributed by atoms with E-state index in [1.165, 1.54) is 13.8 Å². The van der Waals surface area contributed by atoms with Gasteiger partial charge in [-0.1, -0.05) is 13.0 Å². The molecule has 1 saturated carbocycles. The lowest BCUT2D eigenvalue weighted by Gasteiger charge is -2.39. The van der Waals surface area contributed by atoms with Crippen LogP contribution in [-0.4, -0.2) is 22.6 Å². The highest BCUT2D eigenvalue weighted by atomic mass is 16.6. The Bertz CT molecular complexity index is 362. The predicted octanol–water partition coefficient (Wildman–Crippen LogP) is 2.92. The van der Waals surface area contributed by atoms with E-state index in [1.807, 2.05) is 6.92 Å². The van der Waals surface area contributed by atoms with Gasteiger partial charge in [0.15, 0.2) is 5.41 Å². The summed E-state index contributed by atoms with van der Waals surface area (Å²) in [5, 5.41) is 9.04. The van der Waals surface area contributed by atoms with Crippen LogP contribution in [0.2, 0.25) is 0 Å². The van der Waals surface area contributed by atoms with Crippen molar-refractivity contribution in [3.05, 3.63) is 12.2 Å². The minimum Gasteiger partial charge on any atom is -0.480 e. The lowest BCUT2D eigenvalue weighted by atomic mass is 9.79. The van der Waals surface area contributed by atoms with Crippen LogP contribution in [0.25, 0.3) is 0 Å². The van der Waals surface area contributed by atoms with E-state index in [-0.39, 0.29) is 0 Å². The standard InChI is InChI=1S/C14H22O4/c1-10(2)14(8-6-5-7-9-14)18-12(17)13(3,4)11(15)16/h1,5-9H2,2-4H3,(H,15,16). The van der Waals surface area contributed by atoms with Crippen molar-refractivity contribution in [2.24, 2.45) is 5.41 Å². The third-order valence-corrected chi connectivity index (χ3v) is 3.77. The van der Waals surface area contributed by atoms with E-state index in [2.05, 4.69) is 6.58 Å². The first-order valence-electron chi connectivity index (χ1n) is 6.35. The van der Waals surface area contributed by atoms with Crippen molar-refractivity contribution in [1.82, 2.24) is 0 Å². The summed E-state index contributed by atoms with van der Waals surface area (Å²) in [6, 6.07) is 0. The summed E-state index contributed by atoms with van der Waals surface area (Å²) in [6.45, 7) is 8.48. The molecule has 1 rings (SSSR count). The van der Waals surface area contributed by atoms with Crippen LogP contribution in [0, 0.1) is 5.41 Å². The molecule has 0 atom stereocenters. The van der Waals surface area contributed by atoms with Crippen molar-refractivity contribution in [2.75, 3.05) is 0 Å². The van der Waals surface area contributed by atoms with Crippen LogP contribution in [0.15, 0.2) is 12.2 Å². The van der Waals surface area contributed by atoms with E-state index in [1.54, 1.807) is 0 Å². The van der Waals surface area contributed by atoms with Crippen molar-refractivity contribution in [1.29, 1.82) is 0 Å². The van der Waals surface area contributed by atoms with Crippen molar-refractivity contribution >= 4 is 11.9 Å². The molecule has 0 aromatic heterocycles. The summed E-state index contributed by atoms with van der Waals surface area (Å²) in [5.41, 5.74) is -1.38. The SMILES string of the molecule is C=C(C)C1(OC(=O)C(C)(C)C(=O)O)CCCCC1. The third-order valence-electron chi connectivity index (χ3n) is 3.77. The van der Waals surface area contributed by atoms with Crippen LogP contribution in [0.3, 0.4) is 0 Å². The average molecular weight is 254 g/mol. The zero-order valence-corrected chi connectivity index (χ0v) is 11.4. The molecule has 0 aromatic carbocycles. The molecular formula is C14H22O4. The normalized spacial score (nSPS) is 19.1. The van der Waals surface area contributed by atoms with Gasteiger partial charge in [-0.25, -0.2) is 0 Å². The van der Waals surface area contributed by atoms with Crippen LogP contribution >= 0.6 is 0 Å². The van der Waals surface area contributed by atoms with E-state index in [4.69, 9.17) is 9.84 Å². The monoisotopic (exact) mass is 254 g/mol. The molecule has 1 aliphatic rings. The van der Waals surface area contributed by atoms with Gasteiger partial charge in [0.25, 0.3) is 0 Å². The van der Waals surface area contributed by atoms with Gasteiger partial charge < -0.3 is 9.84 Å². The average Bonchev–Trinajstić information content (AvgIpc) is 2.29. The molecule has 4 nitrogen and oxygen atoms in total. The molecule has 0 heterocycles. The second kappa shape index (κ2) is 5.12. The highest BCUT2D eigenvalue weighted by Gasteiger charge is 2.44. The van der Waals surface area contributed by atoms with Crippen molar-refractivity contribution in [3.8, 4) is 0 Å². The highest BCUT2D eigenvalue weighted by Crippen LogP contribution is 2.38. The van der Waals surface area contributed by atoms with Gasteiger partial charge in [-0.3, -0.25) is 9.59 Å². The summed E-state index contributed by atoms with van der Waals surface area (Å²) in [6.07, 6.45) is 4.56. The number of carboxylic acids is 1. The maximum Gasteiger partial charge on any atom is 0.323 e. The quantitative estimate of drug-likeness (QED) is 0.476. The number of carbonyl (C=O) groups is 2. The smallest absolute Gasteiger partial charge is 0.323 e. The summed E-state index contributed by atoms with van der Waals surface area (Å²) >= 11 is 0. The fourth-order valence-electron chi connectivity index (χ4n) is 2.13. The molecule has 1 fully saturated rings. The molecule has 0 amide bonds. The fourth-order valence-corrected chi connectivity index (χ4v) is 2.13. The van der Waals surface area contributed by atoms with Crippen LogP contribution < -0.4 is 0 Å². The molecule has 4 heteroatoms. The number of carbonyl (C=O) groups excluding carboxylic acids is 1. The Morgan fingerprint density at radius 1 is 1.22 bits per heavy atom. The number of esters is 1. The van der Waals surface area contributed by atoms with Gasteiger partial charge in [-0.05, 0) is 52.0 Å². The van der Waals surface area contributed by atoms with E-state index >= 15 is 0 Å². The summed E-state index contributed by atoms with van der Waals surface area (Å²) < 4.78 is 5.55. The molecule has 18 heavy (non-hydrogen) atoms. The van der Waals surface area contributed by atoms with E-state index < -0.39 is 23.0 Å². The van der Waals surface area contributed by atoms with E-state index in [0.717, 1.165) is 37.7 Å². The van der Waals surface area contributed by atoms with Gasteiger partial charge in [0, 0.05) is 0 Å². The fraction of sp³-hybridized carbons (Fsp3) is 0.714. The Morgan fingerprint density at radius 2 is 1.72 bits per heavy atom. The Kier molecular flexibility index (Phi) is 4.20. The van der Waals surface area contributed by atoms with E-state index in [0.29, 0.717) is 0 Å². The Morgan fingerprint density at radius 3 is 2.11 bits per heavy atom. The predicted molar refractivity (Wildman–Crippen MR) is 68.1 cm³/mol. The molecule has 0 aliphatic heterocycles. The third kappa shape index (κ3) is 2.74.